The van der Waals surface area contributed by atoms with Gasteiger partial charge in [-0.3, -0.25) is 4.79 Å². The molecule has 0 saturated heterocycles. The van der Waals surface area contributed by atoms with E-state index >= 15 is 0 Å². The van der Waals surface area contributed by atoms with Crippen molar-refractivity contribution in [3.05, 3.63) is 31.8 Å². The second-order valence-corrected chi connectivity index (χ2v) is 6.88. The maximum absolute atomic E-state index is 12.2. The third-order valence-electron chi connectivity index (χ3n) is 2.71. The second-order valence-electron chi connectivity index (χ2n) is 4.43. The summed E-state index contributed by atoms with van der Waals surface area (Å²) in [5.41, 5.74) is 0.699. The van der Waals surface area contributed by atoms with E-state index in [0.29, 0.717) is 17.4 Å². The number of benzene rings is 1. The van der Waals surface area contributed by atoms with Gasteiger partial charge in [0, 0.05) is 20.0 Å². The highest BCUT2D eigenvalue weighted by molar-refractivity contribution is 14.1. The summed E-state index contributed by atoms with van der Waals surface area (Å²) in [6.07, 6.45) is 0.787. The molecule has 1 rings (SSSR count). The third kappa shape index (κ3) is 4.70. The molecule has 100 valence electrons. The Kier molecular flexibility index (Phi) is 6.95. The van der Waals surface area contributed by atoms with E-state index < -0.39 is 0 Å². The molecule has 0 spiro atoms. The molecule has 0 saturated carbocycles. The zero-order valence-electron chi connectivity index (χ0n) is 10.3. The Labute approximate surface area is 135 Å². The highest BCUT2D eigenvalue weighted by atomic mass is 127. The number of rotatable bonds is 5. The summed E-state index contributed by atoms with van der Waals surface area (Å²) in [5.74, 6) is 0.889. The summed E-state index contributed by atoms with van der Waals surface area (Å²) in [6.45, 7) is 4.17. The smallest absolute Gasteiger partial charge is 0.252 e. The van der Waals surface area contributed by atoms with E-state index in [1.165, 1.54) is 0 Å². The van der Waals surface area contributed by atoms with Crippen LogP contribution in [0.1, 0.15) is 30.6 Å². The van der Waals surface area contributed by atoms with Gasteiger partial charge in [0.15, 0.2) is 0 Å². The molecule has 0 aliphatic carbocycles. The first-order valence-corrected chi connectivity index (χ1v) is 8.18. The van der Waals surface area contributed by atoms with Crippen molar-refractivity contribution in [3.8, 4) is 0 Å². The van der Waals surface area contributed by atoms with Gasteiger partial charge in [0.25, 0.3) is 5.91 Å². The Morgan fingerprint density at radius 3 is 2.72 bits per heavy atom. The molecule has 1 unspecified atom stereocenters. The van der Waals surface area contributed by atoms with Crippen LogP contribution in [0.25, 0.3) is 0 Å². The third-order valence-corrected chi connectivity index (χ3v) is 4.37. The van der Waals surface area contributed by atoms with E-state index in [2.05, 4.69) is 57.7 Å². The van der Waals surface area contributed by atoms with Gasteiger partial charge in [-0.25, -0.2) is 0 Å². The van der Waals surface area contributed by atoms with Crippen molar-refractivity contribution < 1.29 is 4.79 Å². The highest BCUT2D eigenvalue weighted by Crippen LogP contribution is 2.19. The number of carbonyl (C=O) groups excluding carboxylic acids is 1. The number of hydrogen-bond donors (Lipinski definition) is 1. The molecule has 0 radical (unpaired) electrons. The molecule has 1 amide bonds. The first kappa shape index (κ1) is 16.2. The fourth-order valence-electron chi connectivity index (χ4n) is 1.61. The van der Waals surface area contributed by atoms with Gasteiger partial charge in [-0.05, 0) is 53.1 Å². The quantitative estimate of drug-likeness (QED) is 0.528. The summed E-state index contributed by atoms with van der Waals surface area (Å²) in [5, 5.41) is 3.05. The minimum Gasteiger partial charge on any atom is -0.349 e. The summed E-state index contributed by atoms with van der Waals surface area (Å²) in [6, 6.07) is 5.81. The standard InChI is InChI=1S/C13H16BrClINO/c1-8(2)12(5-6-15)17-13(18)10-7-9(14)3-4-11(10)16/h3-4,7-8,12H,5-6H2,1-2H3,(H,17,18). The number of alkyl halides is 1. The molecule has 18 heavy (non-hydrogen) atoms. The minimum atomic E-state index is -0.0375. The van der Waals surface area contributed by atoms with Crippen molar-refractivity contribution in [2.75, 3.05) is 5.88 Å². The maximum Gasteiger partial charge on any atom is 0.252 e. The second kappa shape index (κ2) is 7.70. The molecule has 0 fully saturated rings. The van der Waals surface area contributed by atoms with E-state index in [0.717, 1.165) is 14.5 Å². The molecule has 1 atom stereocenters. The lowest BCUT2D eigenvalue weighted by atomic mass is 10.0. The van der Waals surface area contributed by atoms with E-state index in [-0.39, 0.29) is 11.9 Å². The fraction of sp³-hybridized carbons (Fsp3) is 0.462. The Morgan fingerprint density at radius 1 is 1.50 bits per heavy atom. The van der Waals surface area contributed by atoms with Crippen LogP contribution in [0.2, 0.25) is 0 Å². The predicted molar refractivity (Wildman–Crippen MR) is 88.3 cm³/mol. The lowest BCUT2D eigenvalue weighted by Gasteiger charge is -2.21. The van der Waals surface area contributed by atoms with Crippen LogP contribution in [-0.2, 0) is 0 Å². The average Bonchev–Trinajstić information content (AvgIpc) is 2.31. The Bertz CT molecular complexity index is 425. The van der Waals surface area contributed by atoms with Crippen LogP contribution in [0.5, 0.6) is 0 Å². The summed E-state index contributed by atoms with van der Waals surface area (Å²) < 4.78 is 1.85. The van der Waals surface area contributed by atoms with Crippen molar-refractivity contribution in [3.63, 3.8) is 0 Å². The summed E-state index contributed by atoms with van der Waals surface area (Å²) in [7, 11) is 0. The van der Waals surface area contributed by atoms with Gasteiger partial charge in [0.05, 0.1) is 5.56 Å². The van der Waals surface area contributed by atoms with Crippen LogP contribution in [0.15, 0.2) is 22.7 Å². The number of carbonyl (C=O) groups is 1. The first-order chi connectivity index (χ1) is 8.45. The van der Waals surface area contributed by atoms with Gasteiger partial charge in [-0.2, -0.15) is 0 Å². The maximum atomic E-state index is 12.2. The van der Waals surface area contributed by atoms with Crippen molar-refractivity contribution in [1.82, 2.24) is 5.32 Å². The number of nitrogens with one attached hydrogen (secondary N) is 1. The van der Waals surface area contributed by atoms with Gasteiger partial charge in [-0.15, -0.1) is 11.6 Å². The molecular formula is C13H16BrClINO. The Balaban J connectivity index is 2.83. The molecule has 0 aliphatic heterocycles. The van der Waals surface area contributed by atoms with E-state index in [9.17, 15) is 4.79 Å². The van der Waals surface area contributed by atoms with E-state index in [1.807, 2.05) is 18.2 Å². The molecule has 0 heterocycles. The summed E-state index contributed by atoms with van der Waals surface area (Å²) >= 11 is 11.3. The molecule has 2 nitrogen and oxygen atoms in total. The van der Waals surface area contributed by atoms with Crippen molar-refractivity contribution >= 4 is 56.0 Å². The van der Waals surface area contributed by atoms with Gasteiger partial charge in [0.2, 0.25) is 0 Å². The van der Waals surface area contributed by atoms with Crippen molar-refractivity contribution in [2.24, 2.45) is 5.92 Å². The molecule has 0 aliphatic rings. The first-order valence-electron chi connectivity index (χ1n) is 5.77. The molecule has 0 bridgehead atoms. The van der Waals surface area contributed by atoms with Crippen LogP contribution in [0.4, 0.5) is 0 Å². The lowest BCUT2D eigenvalue weighted by molar-refractivity contribution is 0.0924. The van der Waals surface area contributed by atoms with E-state index in [1.54, 1.807) is 0 Å². The van der Waals surface area contributed by atoms with Crippen molar-refractivity contribution in [1.29, 1.82) is 0 Å². The fourth-order valence-corrected chi connectivity index (χ4v) is 2.78. The van der Waals surface area contributed by atoms with Gasteiger partial charge in [-0.1, -0.05) is 29.8 Å². The molecule has 1 aromatic rings. The molecule has 1 aromatic carbocycles. The Morgan fingerprint density at radius 2 is 2.17 bits per heavy atom. The normalized spacial score (nSPS) is 12.6. The molecular weight excluding hydrogens is 428 g/mol. The number of halogens is 3. The zero-order valence-corrected chi connectivity index (χ0v) is 14.8. The van der Waals surface area contributed by atoms with Gasteiger partial charge in [0.1, 0.15) is 0 Å². The van der Waals surface area contributed by atoms with Crippen LogP contribution in [-0.4, -0.2) is 17.8 Å². The Hall–Kier alpha value is 0.190. The van der Waals surface area contributed by atoms with Gasteiger partial charge < -0.3 is 5.32 Å². The lowest BCUT2D eigenvalue weighted by Crippen LogP contribution is -2.39. The van der Waals surface area contributed by atoms with Crippen LogP contribution in [0.3, 0.4) is 0 Å². The highest BCUT2D eigenvalue weighted by Gasteiger charge is 2.18. The van der Waals surface area contributed by atoms with Gasteiger partial charge >= 0.3 is 0 Å². The average molecular weight is 445 g/mol. The van der Waals surface area contributed by atoms with Crippen LogP contribution in [0, 0.1) is 9.49 Å². The molecule has 5 heteroatoms. The SMILES string of the molecule is CC(C)C(CCCl)NC(=O)c1cc(Br)ccc1I. The summed E-state index contributed by atoms with van der Waals surface area (Å²) in [4.78, 5) is 12.2. The monoisotopic (exact) mass is 443 g/mol. The molecule has 1 N–H and O–H groups in total. The van der Waals surface area contributed by atoms with E-state index in [4.69, 9.17) is 11.6 Å². The number of hydrogen-bond acceptors (Lipinski definition) is 1. The predicted octanol–water partition coefficient (Wildman–Crippen LogP) is 4.44. The number of amides is 1. The zero-order chi connectivity index (χ0) is 13.7. The van der Waals surface area contributed by atoms with Crippen molar-refractivity contribution in [2.45, 2.75) is 26.3 Å². The largest absolute Gasteiger partial charge is 0.349 e. The molecule has 0 aromatic heterocycles. The van der Waals surface area contributed by atoms with Crippen LogP contribution < -0.4 is 5.32 Å². The topological polar surface area (TPSA) is 29.1 Å². The van der Waals surface area contributed by atoms with Crippen LogP contribution >= 0.6 is 50.1 Å². The minimum absolute atomic E-state index is 0.0375.